The molecule has 0 spiro atoms. The largest absolute Gasteiger partial charge is 0.417 e. The minimum atomic E-state index is -4.56. The zero-order valence-corrected chi connectivity index (χ0v) is 13.1. The monoisotopic (exact) mass is 340 g/mol. The highest BCUT2D eigenvalue weighted by Crippen LogP contribution is 2.33. The molecule has 0 aliphatic heterocycles. The first-order chi connectivity index (χ1) is 10.9. The van der Waals surface area contributed by atoms with E-state index in [1.54, 1.807) is 0 Å². The molecule has 1 N–H and O–H groups in total. The van der Waals surface area contributed by atoms with Crippen LogP contribution < -0.4 is 5.32 Å². The van der Waals surface area contributed by atoms with E-state index in [0.29, 0.717) is 5.13 Å². The minimum Gasteiger partial charge on any atom is -0.298 e. The Labute approximate surface area is 135 Å². The summed E-state index contributed by atoms with van der Waals surface area (Å²) in [5.74, 6) is -0.776. The van der Waals surface area contributed by atoms with Crippen LogP contribution in [0.4, 0.5) is 18.3 Å². The quantitative estimate of drug-likeness (QED) is 0.806. The van der Waals surface area contributed by atoms with Gasteiger partial charge in [0.15, 0.2) is 5.13 Å². The van der Waals surface area contributed by atoms with E-state index in [0.717, 1.165) is 48.7 Å². The normalized spacial score (nSPS) is 14.9. The van der Waals surface area contributed by atoms with Gasteiger partial charge in [0.1, 0.15) is 0 Å². The van der Waals surface area contributed by atoms with Gasteiger partial charge in [0, 0.05) is 4.88 Å². The summed E-state index contributed by atoms with van der Waals surface area (Å²) in [5, 5.41) is 2.89. The summed E-state index contributed by atoms with van der Waals surface area (Å²) < 4.78 is 39.0. The van der Waals surface area contributed by atoms with Crippen LogP contribution in [-0.4, -0.2) is 10.9 Å². The van der Waals surface area contributed by atoms with Crippen LogP contribution in [0.25, 0.3) is 0 Å². The Morgan fingerprint density at radius 3 is 2.65 bits per heavy atom. The van der Waals surface area contributed by atoms with Gasteiger partial charge in [-0.05, 0) is 37.8 Å². The third-order valence-electron chi connectivity index (χ3n) is 3.79. The fourth-order valence-electron chi connectivity index (χ4n) is 2.68. The number of benzene rings is 1. The van der Waals surface area contributed by atoms with E-state index in [4.69, 9.17) is 0 Å². The van der Waals surface area contributed by atoms with E-state index in [1.807, 2.05) is 0 Å². The van der Waals surface area contributed by atoms with Crippen molar-refractivity contribution in [2.75, 3.05) is 5.32 Å². The summed E-state index contributed by atoms with van der Waals surface area (Å²) in [5.41, 5.74) is -0.354. The number of alkyl halides is 3. The summed E-state index contributed by atoms with van der Waals surface area (Å²) in [6.07, 6.45) is 0.515. The maximum Gasteiger partial charge on any atom is 0.417 e. The molecule has 0 atom stereocenters. The summed E-state index contributed by atoms with van der Waals surface area (Å²) in [6, 6.07) is 4.77. The van der Waals surface area contributed by atoms with Crippen LogP contribution >= 0.6 is 11.3 Å². The smallest absolute Gasteiger partial charge is 0.298 e. The number of halogens is 3. The highest BCUT2D eigenvalue weighted by atomic mass is 32.1. The van der Waals surface area contributed by atoms with Gasteiger partial charge < -0.3 is 0 Å². The second-order valence-corrected chi connectivity index (χ2v) is 6.53. The van der Waals surface area contributed by atoms with Crippen molar-refractivity contribution in [1.29, 1.82) is 0 Å². The van der Waals surface area contributed by atoms with Gasteiger partial charge in [0.25, 0.3) is 5.91 Å². The molecule has 1 heterocycles. The van der Waals surface area contributed by atoms with Crippen molar-refractivity contribution in [3.8, 4) is 0 Å². The Balaban J connectivity index is 1.83. The van der Waals surface area contributed by atoms with Gasteiger partial charge in [0.05, 0.1) is 16.8 Å². The molecule has 0 radical (unpaired) electrons. The number of hydrogen-bond donors (Lipinski definition) is 1. The first-order valence-electron chi connectivity index (χ1n) is 7.41. The highest BCUT2D eigenvalue weighted by molar-refractivity contribution is 7.15. The van der Waals surface area contributed by atoms with E-state index < -0.39 is 17.6 Å². The lowest BCUT2D eigenvalue weighted by Gasteiger charge is -2.11. The molecule has 122 valence electrons. The molecule has 3 nitrogen and oxygen atoms in total. The first-order valence-corrected chi connectivity index (χ1v) is 8.23. The number of hydrogen-bond acceptors (Lipinski definition) is 3. The van der Waals surface area contributed by atoms with E-state index in [2.05, 4.69) is 10.3 Å². The second kappa shape index (κ2) is 6.31. The lowest BCUT2D eigenvalue weighted by atomic mass is 10.1. The number of aromatic nitrogens is 1. The molecule has 0 bridgehead atoms. The average Bonchev–Trinajstić information content (AvgIpc) is 2.75. The fourth-order valence-corrected chi connectivity index (χ4v) is 3.72. The van der Waals surface area contributed by atoms with E-state index in [1.165, 1.54) is 29.5 Å². The predicted octanol–water partition coefficient (Wildman–Crippen LogP) is 4.68. The van der Waals surface area contributed by atoms with Gasteiger partial charge in [-0.1, -0.05) is 18.6 Å². The van der Waals surface area contributed by atoms with Gasteiger partial charge >= 0.3 is 6.18 Å². The molecule has 0 saturated carbocycles. The number of fused-ring (bicyclic) bond motifs is 1. The number of nitrogens with zero attached hydrogens (tertiary/aromatic N) is 1. The lowest BCUT2D eigenvalue weighted by molar-refractivity contribution is -0.137. The van der Waals surface area contributed by atoms with E-state index in [9.17, 15) is 18.0 Å². The van der Waals surface area contributed by atoms with Crippen LogP contribution in [0, 0.1) is 0 Å². The third-order valence-corrected chi connectivity index (χ3v) is 4.87. The lowest BCUT2D eigenvalue weighted by Crippen LogP contribution is -2.18. The van der Waals surface area contributed by atoms with Crippen molar-refractivity contribution in [2.24, 2.45) is 0 Å². The molecule has 23 heavy (non-hydrogen) atoms. The van der Waals surface area contributed by atoms with Crippen molar-refractivity contribution in [2.45, 2.75) is 38.3 Å². The van der Waals surface area contributed by atoms with Gasteiger partial charge in [-0.2, -0.15) is 13.2 Å². The number of amides is 1. The number of carbonyl (C=O) groups is 1. The van der Waals surface area contributed by atoms with Crippen molar-refractivity contribution < 1.29 is 18.0 Å². The molecular formula is C16H15F3N2OS. The van der Waals surface area contributed by atoms with Crippen LogP contribution in [0.5, 0.6) is 0 Å². The van der Waals surface area contributed by atoms with Crippen LogP contribution in [0.2, 0.25) is 0 Å². The molecule has 1 aromatic heterocycles. The molecule has 3 rings (SSSR count). The Hall–Kier alpha value is -1.89. The van der Waals surface area contributed by atoms with Crippen LogP contribution in [0.3, 0.4) is 0 Å². The van der Waals surface area contributed by atoms with Gasteiger partial charge in [-0.25, -0.2) is 4.98 Å². The van der Waals surface area contributed by atoms with E-state index in [-0.39, 0.29) is 5.56 Å². The molecule has 7 heteroatoms. The molecule has 1 aromatic carbocycles. The Bertz CT molecular complexity index is 701. The van der Waals surface area contributed by atoms with Crippen molar-refractivity contribution >= 4 is 22.4 Å². The average molecular weight is 340 g/mol. The van der Waals surface area contributed by atoms with Crippen LogP contribution in [0.1, 0.15) is 45.8 Å². The van der Waals surface area contributed by atoms with Crippen LogP contribution in [0.15, 0.2) is 24.3 Å². The van der Waals surface area contributed by atoms with Gasteiger partial charge in [-0.3, -0.25) is 10.1 Å². The molecule has 1 aliphatic carbocycles. The highest BCUT2D eigenvalue weighted by Gasteiger charge is 2.35. The molecular weight excluding hydrogens is 325 g/mol. The number of anilines is 1. The fraction of sp³-hybridized carbons (Fsp3) is 0.375. The Morgan fingerprint density at radius 2 is 1.87 bits per heavy atom. The molecule has 0 fully saturated rings. The van der Waals surface area contributed by atoms with Crippen molar-refractivity contribution in [3.63, 3.8) is 0 Å². The molecule has 2 aromatic rings. The Morgan fingerprint density at radius 1 is 1.13 bits per heavy atom. The van der Waals surface area contributed by atoms with E-state index >= 15 is 0 Å². The topological polar surface area (TPSA) is 42.0 Å². The summed E-state index contributed by atoms with van der Waals surface area (Å²) in [6.45, 7) is 0. The molecule has 1 aliphatic rings. The van der Waals surface area contributed by atoms with Crippen molar-refractivity contribution in [3.05, 3.63) is 46.0 Å². The summed E-state index contributed by atoms with van der Waals surface area (Å²) in [4.78, 5) is 17.7. The number of carbonyl (C=O) groups excluding carboxylic acids is 1. The first kappa shape index (κ1) is 16.0. The zero-order valence-electron chi connectivity index (χ0n) is 12.2. The number of rotatable bonds is 2. The summed E-state index contributed by atoms with van der Waals surface area (Å²) in [7, 11) is 0. The third kappa shape index (κ3) is 3.55. The number of nitrogens with one attached hydrogen (secondary N) is 1. The second-order valence-electron chi connectivity index (χ2n) is 5.45. The van der Waals surface area contributed by atoms with Crippen LogP contribution in [-0.2, 0) is 19.0 Å². The Kier molecular flexibility index (Phi) is 4.39. The minimum absolute atomic E-state index is 0.374. The predicted molar refractivity (Wildman–Crippen MR) is 82.8 cm³/mol. The molecule has 0 unspecified atom stereocenters. The molecule has 1 amide bonds. The van der Waals surface area contributed by atoms with Gasteiger partial charge in [-0.15, -0.1) is 11.3 Å². The summed E-state index contributed by atoms with van der Waals surface area (Å²) >= 11 is 1.36. The zero-order chi connectivity index (χ0) is 16.4. The maximum atomic E-state index is 13.0. The molecule has 0 saturated heterocycles. The number of thiazole rings is 1. The number of aryl methyl sites for hydroxylation is 2. The standard InChI is InChI=1S/C16H15F3N2OS/c17-16(18,19)11-7-5-4-6-10(11)14(22)21-15-20-12-8-2-1-3-9-13(12)23-15/h4-7H,1-3,8-9H2,(H,20,21,22). The SMILES string of the molecule is O=C(Nc1nc2c(s1)CCCCC2)c1ccccc1C(F)(F)F. The van der Waals surface area contributed by atoms with Crippen molar-refractivity contribution in [1.82, 2.24) is 4.98 Å². The maximum absolute atomic E-state index is 13.0. The van der Waals surface area contributed by atoms with Gasteiger partial charge in [0.2, 0.25) is 0 Å².